The molecule has 10 heteroatoms. The van der Waals surface area contributed by atoms with Gasteiger partial charge in [0.05, 0.1) is 22.6 Å². The second-order valence-corrected chi connectivity index (χ2v) is 8.79. The number of benzene rings is 2. The molecule has 0 N–H and O–H groups in total. The fraction of sp³-hybridized carbons (Fsp3) is 0.0909. The monoisotopic (exact) mass is 486 g/mol. The van der Waals surface area contributed by atoms with Gasteiger partial charge in [-0.3, -0.25) is 19.8 Å². The van der Waals surface area contributed by atoms with Crippen LogP contribution in [0.2, 0.25) is 5.02 Å². The molecule has 3 aromatic rings. The summed E-state index contributed by atoms with van der Waals surface area (Å²) in [6.07, 6.45) is 3.07. The number of thiocarbonyl (C=S) groups is 1. The Balaban J connectivity index is 1.62. The number of furan rings is 1. The first-order valence-corrected chi connectivity index (χ1v) is 10.9. The predicted molar refractivity (Wildman–Crippen MR) is 126 cm³/mol. The summed E-state index contributed by atoms with van der Waals surface area (Å²) in [6.45, 7) is 0.373. The largest absolute Gasteiger partial charge is 0.488 e. The Kier molecular flexibility index (Phi) is 6.59. The summed E-state index contributed by atoms with van der Waals surface area (Å²) >= 11 is 12.7. The number of nitro groups is 1. The molecule has 0 aliphatic carbocycles. The van der Waals surface area contributed by atoms with Crippen LogP contribution in [0.5, 0.6) is 5.75 Å². The van der Waals surface area contributed by atoms with Gasteiger partial charge in [0.15, 0.2) is 0 Å². The molecular weight excluding hydrogens is 472 g/mol. The van der Waals surface area contributed by atoms with E-state index in [9.17, 15) is 14.9 Å². The Bertz CT molecular complexity index is 1230. The average molecular weight is 487 g/mol. The molecule has 1 aliphatic heterocycles. The second kappa shape index (κ2) is 9.56. The predicted octanol–water partition coefficient (Wildman–Crippen LogP) is 5.82. The van der Waals surface area contributed by atoms with Crippen LogP contribution < -0.4 is 4.74 Å². The number of thioether (sulfide) groups is 1. The topological polar surface area (TPSA) is 85.8 Å². The maximum atomic E-state index is 12.9. The molecule has 1 aliphatic rings. The van der Waals surface area contributed by atoms with E-state index in [1.54, 1.807) is 24.3 Å². The van der Waals surface area contributed by atoms with Gasteiger partial charge in [-0.1, -0.05) is 53.8 Å². The van der Waals surface area contributed by atoms with E-state index in [1.807, 2.05) is 18.2 Å². The van der Waals surface area contributed by atoms with E-state index in [-0.39, 0.29) is 24.7 Å². The lowest BCUT2D eigenvalue weighted by Crippen LogP contribution is -2.27. The van der Waals surface area contributed by atoms with Crippen molar-refractivity contribution in [2.24, 2.45) is 0 Å². The quantitative estimate of drug-likeness (QED) is 0.180. The van der Waals surface area contributed by atoms with Gasteiger partial charge in [-0.2, -0.15) is 0 Å². The zero-order valence-electron chi connectivity index (χ0n) is 16.4. The summed E-state index contributed by atoms with van der Waals surface area (Å²) in [6, 6.07) is 14.9. The average Bonchev–Trinajstić information content (AvgIpc) is 3.38. The molecule has 1 aromatic heterocycles. The summed E-state index contributed by atoms with van der Waals surface area (Å²) in [5.74, 6) is 0.674. The number of nitro benzene ring substituents is 1. The number of carbonyl (C=O) groups is 1. The first-order chi connectivity index (χ1) is 15.4. The third kappa shape index (κ3) is 4.85. The Morgan fingerprint density at radius 2 is 2.03 bits per heavy atom. The molecule has 0 atom stereocenters. The molecule has 1 saturated heterocycles. The van der Waals surface area contributed by atoms with Crippen LogP contribution in [-0.2, 0) is 17.9 Å². The Hall–Kier alpha value is -3.14. The van der Waals surface area contributed by atoms with Crippen molar-refractivity contribution < 1.29 is 18.9 Å². The van der Waals surface area contributed by atoms with Gasteiger partial charge in [0.2, 0.25) is 0 Å². The smallest absolute Gasteiger partial charge is 0.270 e. The van der Waals surface area contributed by atoms with Crippen molar-refractivity contribution >= 4 is 57.6 Å². The highest BCUT2D eigenvalue weighted by Gasteiger charge is 2.33. The van der Waals surface area contributed by atoms with Crippen molar-refractivity contribution in [1.29, 1.82) is 0 Å². The summed E-state index contributed by atoms with van der Waals surface area (Å²) in [5, 5.41) is 11.8. The van der Waals surface area contributed by atoms with Gasteiger partial charge in [0.25, 0.3) is 11.6 Å². The van der Waals surface area contributed by atoms with Crippen LogP contribution in [0.1, 0.15) is 16.9 Å². The van der Waals surface area contributed by atoms with Gasteiger partial charge in [-0.15, -0.1) is 0 Å². The van der Waals surface area contributed by atoms with Crippen LogP contribution in [0.15, 0.2) is 70.2 Å². The van der Waals surface area contributed by atoms with Crippen LogP contribution in [0.4, 0.5) is 5.69 Å². The minimum absolute atomic E-state index is 0.118. The van der Waals surface area contributed by atoms with E-state index in [2.05, 4.69) is 0 Å². The lowest BCUT2D eigenvalue weighted by molar-refractivity contribution is -0.384. The lowest BCUT2D eigenvalue weighted by Gasteiger charge is -2.12. The number of non-ortho nitro benzene ring substituents is 1. The van der Waals surface area contributed by atoms with E-state index < -0.39 is 4.92 Å². The van der Waals surface area contributed by atoms with E-state index in [4.69, 9.17) is 33.0 Å². The molecule has 1 fully saturated rings. The molecule has 162 valence electrons. The van der Waals surface area contributed by atoms with Crippen LogP contribution in [0, 0.1) is 10.1 Å². The number of amides is 1. The molecular formula is C22H15ClN2O5S2. The molecule has 0 saturated carbocycles. The molecule has 32 heavy (non-hydrogen) atoms. The van der Waals surface area contributed by atoms with E-state index in [0.717, 1.165) is 17.3 Å². The molecule has 0 spiro atoms. The molecule has 2 heterocycles. The Morgan fingerprint density at radius 3 is 2.75 bits per heavy atom. The standard InChI is InChI=1S/C22H15ClN2O5S2/c23-18-6-2-1-4-14(18)13-30-19-8-7-16(25(27)28)10-15(19)11-20-21(26)24(22(31)32-20)12-17-5-3-9-29-17/h1-11H,12-13H2/b20-11-. The molecule has 7 nitrogen and oxygen atoms in total. The normalized spacial score (nSPS) is 14.9. The Morgan fingerprint density at radius 1 is 1.22 bits per heavy atom. The van der Waals surface area contributed by atoms with Crippen LogP contribution in [0.3, 0.4) is 0 Å². The molecule has 4 rings (SSSR count). The first kappa shape index (κ1) is 22.1. The summed E-state index contributed by atoms with van der Waals surface area (Å²) in [5.41, 5.74) is 1.04. The van der Waals surface area contributed by atoms with Crippen molar-refractivity contribution in [3.63, 3.8) is 0 Å². The number of nitrogens with zero attached hydrogens (tertiary/aromatic N) is 2. The van der Waals surface area contributed by atoms with E-state index >= 15 is 0 Å². The highest BCUT2D eigenvalue weighted by Crippen LogP contribution is 2.36. The summed E-state index contributed by atoms with van der Waals surface area (Å²) in [4.78, 5) is 25.5. The highest BCUT2D eigenvalue weighted by atomic mass is 35.5. The van der Waals surface area contributed by atoms with Crippen molar-refractivity contribution in [1.82, 2.24) is 4.90 Å². The van der Waals surface area contributed by atoms with Crippen molar-refractivity contribution in [3.05, 3.63) is 97.8 Å². The van der Waals surface area contributed by atoms with Gasteiger partial charge in [0, 0.05) is 28.3 Å². The molecule has 1 amide bonds. The van der Waals surface area contributed by atoms with E-state index in [0.29, 0.717) is 31.3 Å². The van der Waals surface area contributed by atoms with Crippen molar-refractivity contribution in [3.8, 4) is 5.75 Å². The maximum absolute atomic E-state index is 12.9. The number of hydrogen-bond donors (Lipinski definition) is 0. The van der Waals surface area contributed by atoms with Gasteiger partial charge >= 0.3 is 0 Å². The van der Waals surface area contributed by atoms with Crippen LogP contribution in [-0.4, -0.2) is 20.1 Å². The van der Waals surface area contributed by atoms with Crippen LogP contribution >= 0.6 is 35.6 Å². The fourth-order valence-corrected chi connectivity index (χ4v) is 4.44. The number of ether oxygens (including phenoxy) is 1. The molecule has 0 bridgehead atoms. The lowest BCUT2D eigenvalue weighted by atomic mass is 10.1. The second-order valence-electron chi connectivity index (χ2n) is 6.71. The number of rotatable bonds is 7. The molecule has 0 unspecified atom stereocenters. The summed E-state index contributed by atoms with van der Waals surface area (Å²) < 4.78 is 11.6. The Labute approximate surface area is 197 Å². The van der Waals surface area contributed by atoms with Crippen LogP contribution in [0.25, 0.3) is 6.08 Å². The molecule has 0 radical (unpaired) electrons. The highest BCUT2D eigenvalue weighted by molar-refractivity contribution is 8.26. The molecule has 2 aromatic carbocycles. The number of halogens is 1. The number of hydrogen-bond acceptors (Lipinski definition) is 7. The third-order valence-electron chi connectivity index (χ3n) is 4.60. The minimum Gasteiger partial charge on any atom is -0.488 e. The number of carbonyl (C=O) groups excluding carboxylic acids is 1. The first-order valence-electron chi connectivity index (χ1n) is 9.35. The third-order valence-corrected chi connectivity index (χ3v) is 6.35. The zero-order valence-corrected chi connectivity index (χ0v) is 18.8. The minimum atomic E-state index is -0.503. The fourth-order valence-electron chi connectivity index (χ4n) is 3.00. The summed E-state index contributed by atoms with van der Waals surface area (Å²) in [7, 11) is 0. The van der Waals surface area contributed by atoms with Crippen molar-refractivity contribution in [2.45, 2.75) is 13.2 Å². The van der Waals surface area contributed by atoms with Gasteiger partial charge in [-0.05, 0) is 30.3 Å². The van der Waals surface area contributed by atoms with Gasteiger partial charge in [-0.25, -0.2) is 0 Å². The SMILES string of the molecule is O=C1/C(=C/c2cc([N+](=O)[O-])ccc2OCc2ccccc2Cl)SC(=S)N1Cc1ccco1. The zero-order chi connectivity index (χ0) is 22.7. The van der Waals surface area contributed by atoms with E-state index in [1.165, 1.54) is 29.4 Å². The van der Waals surface area contributed by atoms with Crippen molar-refractivity contribution in [2.75, 3.05) is 0 Å². The van der Waals surface area contributed by atoms with Gasteiger partial charge < -0.3 is 9.15 Å². The van der Waals surface area contributed by atoms with Gasteiger partial charge in [0.1, 0.15) is 22.4 Å². The maximum Gasteiger partial charge on any atom is 0.270 e.